The van der Waals surface area contributed by atoms with E-state index in [0.29, 0.717) is 27.2 Å². The summed E-state index contributed by atoms with van der Waals surface area (Å²) in [5.41, 5.74) is 3.56. The Balaban J connectivity index is 1.95. The van der Waals surface area contributed by atoms with Crippen molar-refractivity contribution in [3.05, 3.63) is 94.6 Å². The van der Waals surface area contributed by atoms with Crippen molar-refractivity contribution in [1.82, 2.24) is 14.5 Å². The molecule has 0 fully saturated rings. The molecule has 0 aliphatic rings. The molecule has 4 aromatic rings. The maximum absolute atomic E-state index is 11.4. The molecule has 1 N–H and O–H groups in total. The smallest absolute Gasteiger partial charge is 0.222 e. The third-order valence-corrected chi connectivity index (χ3v) is 5.21. The lowest BCUT2D eigenvalue weighted by atomic mass is 10.00. The summed E-state index contributed by atoms with van der Waals surface area (Å²) in [6, 6.07) is 16.8. The molecule has 0 radical (unpaired) electrons. The molecule has 146 valence electrons. The first kappa shape index (κ1) is 19.5. The Morgan fingerprint density at radius 3 is 2.52 bits per heavy atom. The Kier molecular flexibility index (Phi) is 5.53. The van der Waals surface area contributed by atoms with Gasteiger partial charge in [-0.15, -0.1) is 0 Å². The van der Waals surface area contributed by atoms with Gasteiger partial charge in [-0.2, -0.15) is 0 Å². The fraction of sp³-hybridized carbons (Fsp3) is 0.0909. The molecule has 4 rings (SSSR count). The molecule has 2 aromatic heterocycles. The molecule has 2 aromatic carbocycles. The fourth-order valence-corrected chi connectivity index (χ4v) is 3.64. The van der Waals surface area contributed by atoms with Gasteiger partial charge >= 0.3 is 0 Å². The summed E-state index contributed by atoms with van der Waals surface area (Å²) in [6.45, 7) is 0. The second-order valence-electron chi connectivity index (χ2n) is 6.33. The Morgan fingerprint density at radius 2 is 1.79 bits per heavy atom. The van der Waals surface area contributed by atoms with Crippen LogP contribution in [0.25, 0.3) is 16.8 Å². The minimum absolute atomic E-state index is 0.307. The number of nitrogens with zero attached hydrogens (tertiary/aromatic N) is 3. The summed E-state index contributed by atoms with van der Waals surface area (Å²) in [5, 5.41) is 12.6. The van der Waals surface area contributed by atoms with Gasteiger partial charge in [0.25, 0.3) is 0 Å². The van der Waals surface area contributed by atoms with Gasteiger partial charge < -0.3 is 14.4 Å². The molecule has 0 amide bonds. The Bertz CT molecular complexity index is 1140. The lowest BCUT2D eigenvalue weighted by Crippen LogP contribution is -2.11. The maximum Gasteiger partial charge on any atom is 0.222 e. The van der Waals surface area contributed by atoms with Crippen molar-refractivity contribution >= 4 is 23.2 Å². The Morgan fingerprint density at radius 1 is 1.03 bits per heavy atom. The molecule has 1 atom stereocenters. The van der Waals surface area contributed by atoms with Crippen LogP contribution in [0, 0.1) is 0 Å². The van der Waals surface area contributed by atoms with Crippen LogP contribution in [0.3, 0.4) is 0 Å². The highest BCUT2D eigenvalue weighted by molar-refractivity contribution is 6.32. The van der Waals surface area contributed by atoms with Crippen LogP contribution in [0.2, 0.25) is 10.0 Å². The number of hydrogen-bond donors (Lipinski definition) is 1. The van der Waals surface area contributed by atoms with Crippen molar-refractivity contribution in [2.24, 2.45) is 0 Å². The predicted molar refractivity (Wildman–Crippen MR) is 114 cm³/mol. The number of aliphatic hydroxyl groups excluding tert-OH is 1. The second-order valence-corrected chi connectivity index (χ2v) is 7.18. The number of rotatable bonds is 5. The molecule has 7 heteroatoms. The van der Waals surface area contributed by atoms with Crippen LogP contribution in [-0.2, 0) is 0 Å². The molecule has 5 nitrogen and oxygen atoms in total. The Labute approximate surface area is 178 Å². The van der Waals surface area contributed by atoms with Crippen molar-refractivity contribution in [2.75, 3.05) is 7.11 Å². The largest absolute Gasteiger partial charge is 0.481 e. The number of aromatic nitrogens is 3. The standard InChI is InChI=1S/C22H17Cl2N3O2/c1-29-22-17(12-25-13-26-22)21(28)20-16(14-6-8-15(23)9-7-14)10-11-27(20)19-5-3-2-4-18(19)24/h2-13,21,28H,1H3. The van der Waals surface area contributed by atoms with E-state index in [4.69, 9.17) is 27.9 Å². The van der Waals surface area contributed by atoms with Crippen LogP contribution in [0.5, 0.6) is 5.88 Å². The molecule has 0 saturated carbocycles. The summed E-state index contributed by atoms with van der Waals surface area (Å²) in [5.74, 6) is 0.307. The summed E-state index contributed by atoms with van der Waals surface area (Å²) in [4.78, 5) is 8.17. The number of hydrogen-bond acceptors (Lipinski definition) is 4. The lowest BCUT2D eigenvalue weighted by molar-refractivity contribution is 0.206. The first-order chi connectivity index (χ1) is 14.1. The van der Waals surface area contributed by atoms with E-state index in [2.05, 4.69) is 9.97 Å². The highest BCUT2D eigenvalue weighted by atomic mass is 35.5. The first-order valence-electron chi connectivity index (χ1n) is 8.84. The highest BCUT2D eigenvalue weighted by Crippen LogP contribution is 2.38. The topological polar surface area (TPSA) is 60.2 Å². The minimum Gasteiger partial charge on any atom is -0.481 e. The second kappa shape index (κ2) is 8.25. The fourth-order valence-electron chi connectivity index (χ4n) is 3.29. The van der Waals surface area contributed by atoms with E-state index in [0.717, 1.165) is 16.8 Å². The molecule has 1 unspecified atom stereocenters. The van der Waals surface area contributed by atoms with Crippen LogP contribution in [0.1, 0.15) is 17.4 Å². The van der Waals surface area contributed by atoms with Crippen LogP contribution in [0.15, 0.2) is 73.3 Å². The number of methoxy groups -OCH3 is 1. The van der Waals surface area contributed by atoms with Gasteiger partial charge in [-0.1, -0.05) is 47.5 Å². The minimum atomic E-state index is -1.05. The third-order valence-electron chi connectivity index (χ3n) is 4.64. The van der Waals surface area contributed by atoms with E-state index >= 15 is 0 Å². The van der Waals surface area contributed by atoms with E-state index in [9.17, 15) is 5.11 Å². The zero-order chi connectivity index (χ0) is 20.4. The highest BCUT2D eigenvalue weighted by Gasteiger charge is 2.25. The average molecular weight is 426 g/mol. The van der Waals surface area contributed by atoms with E-state index < -0.39 is 6.10 Å². The number of halogens is 2. The van der Waals surface area contributed by atoms with Gasteiger partial charge in [-0.05, 0) is 35.9 Å². The molecule has 0 aliphatic carbocycles. The van der Waals surface area contributed by atoms with Gasteiger partial charge in [0.05, 0.1) is 29.1 Å². The molecule has 0 aliphatic heterocycles. The molecule has 0 bridgehead atoms. The normalized spacial score (nSPS) is 12.0. The predicted octanol–water partition coefficient (Wildman–Crippen LogP) is 5.33. The number of para-hydroxylation sites is 1. The summed E-state index contributed by atoms with van der Waals surface area (Å²) in [6.07, 6.45) is 3.75. The van der Waals surface area contributed by atoms with Gasteiger partial charge in [0.15, 0.2) is 0 Å². The molecule has 29 heavy (non-hydrogen) atoms. The van der Waals surface area contributed by atoms with Crippen molar-refractivity contribution in [3.63, 3.8) is 0 Å². The number of ether oxygens (including phenoxy) is 1. The summed E-state index contributed by atoms with van der Waals surface area (Å²) >= 11 is 12.5. The number of aliphatic hydroxyl groups is 1. The summed E-state index contributed by atoms with van der Waals surface area (Å²) in [7, 11) is 1.51. The Hall–Kier alpha value is -2.86. The van der Waals surface area contributed by atoms with Crippen molar-refractivity contribution in [1.29, 1.82) is 0 Å². The van der Waals surface area contributed by atoms with Crippen molar-refractivity contribution in [2.45, 2.75) is 6.10 Å². The lowest BCUT2D eigenvalue weighted by Gasteiger charge is -2.19. The first-order valence-corrected chi connectivity index (χ1v) is 9.59. The van der Waals surface area contributed by atoms with Crippen LogP contribution in [-0.4, -0.2) is 26.8 Å². The van der Waals surface area contributed by atoms with Crippen LogP contribution in [0.4, 0.5) is 0 Å². The van der Waals surface area contributed by atoms with E-state index in [1.807, 2.05) is 59.3 Å². The zero-order valence-electron chi connectivity index (χ0n) is 15.5. The molecular formula is C22H17Cl2N3O2. The van der Waals surface area contributed by atoms with E-state index in [1.165, 1.54) is 13.4 Å². The van der Waals surface area contributed by atoms with Crippen molar-refractivity contribution in [3.8, 4) is 22.7 Å². The summed E-state index contributed by atoms with van der Waals surface area (Å²) < 4.78 is 7.20. The zero-order valence-corrected chi connectivity index (χ0v) is 17.0. The average Bonchev–Trinajstić information content (AvgIpc) is 3.19. The molecule has 2 heterocycles. The molecular weight excluding hydrogens is 409 g/mol. The van der Waals surface area contributed by atoms with Crippen molar-refractivity contribution < 1.29 is 9.84 Å². The third kappa shape index (κ3) is 3.72. The van der Waals surface area contributed by atoms with Crippen LogP contribution < -0.4 is 4.74 Å². The molecule has 0 spiro atoms. The van der Waals surface area contributed by atoms with Gasteiger partial charge in [0, 0.05) is 23.0 Å². The monoisotopic (exact) mass is 425 g/mol. The quantitative estimate of drug-likeness (QED) is 0.469. The number of benzene rings is 2. The van der Waals surface area contributed by atoms with Gasteiger partial charge in [-0.25, -0.2) is 9.97 Å². The van der Waals surface area contributed by atoms with E-state index in [-0.39, 0.29) is 0 Å². The van der Waals surface area contributed by atoms with Crippen LogP contribution >= 0.6 is 23.2 Å². The molecule has 0 saturated heterocycles. The maximum atomic E-state index is 11.4. The van der Waals surface area contributed by atoms with E-state index in [1.54, 1.807) is 12.3 Å². The van der Waals surface area contributed by atoms with Gasteiger partial charge in [-0.3, -0.25) is 0 Å². The van der Waals surface area contributed by atoms with Gasteiger partial charge in [0.2, 0.25) is 5.88 Å². The van der Waals surface area contributed by atoms with Gasteiger partial charge in [0.1, 0.15) is 12.4 Å². The SMILES string of the molecule is COc1ncncc1C(O)c1c(-c2ccc(Cl)cc2)ccn1-c1ccccc1Cl.